The molecular weight excluding hydrogens is 270 g/mol. The first-order chi connectivity index (χ1) is 9.72. The van der Waals surface area contributed by atoms with Gasteiger partial charge < -0.3 is 10.5 Å². The largest absolute Gasteiger partial charge is 0.496 e. The first-order valence-corrected chi connectivity index (χ1v) is 7.19. The molecule has 20 heavy (non-hydrogen) atoms. The molecule has 0 saturated heterocycles. The first kappa shape index (κ1) is 14.5. The van der Waals surface area contributed by atoms with Crippen molar-refractivity contribution in [2.24, 2.45) is 12.8 Å². The molecule has 0 bridgehead atoms. The summed E-state index contributed by atoms with van der Waals surface area (Å²) in [5, 5.41) is 4.16. The molecule has 0 aliphatic heterocycles. The molecule has 2 N–H and O–H groups in total. The van der Waals surface area contributed by atoms with Gasteiger partial charge in [0.25, 0.3) is 0 Å². The average molecular weight is 287 g/mol. The molecule has 0 saturated carbocycles. The number of benzene rings is 1. The molecule has 2 aromatic rings. The van der Waals surface area contributed by atoms with E-state index in [0.29, 0.717) is 6.54 Å². The molecule has 1 aromatic heterocycles. The molecule has 0 radical (unpaired) electrons. The Kier molecular flexibility index (Phi) is 5.10. The molecular formula is C15H17N3OS. The second-order valence-corrected chi connectivity index (χ2v) is 5.22. The maximum atomic E-state index is 5.40. The normalized spacial score (nSPS) is 9.95. The fourth-order valence-electron chi connectivity index (χ4n) is 1.76. The Balaban J connectivity index is 2.15. The third kappa shape index (κ3) is 3.80. The van der Waals surface area contributed by atoms with Gasteiger partial charge in [0.15, 0.2) is 0 Å². The van der Waals surface area contributed by atoms with E-state index in [4.69, 9.17) is 10.5 Å². The van der Waals surface area contributed by atoms with Gasteiger partial charge in [-0.1, -0.05) is 11.8 Å². The molecule has 0 amide bonds. The number of ether oxygens (including phenoxy) is 1. The molecule has 104 valence electrons. The highest BCUT2D eigenvalue weighted by atomic mass is 32.2. The molecule has 0 fully saturated rings. The van der Waals surface area contributed by atoms with Crippen LogP contribution in [0.1, 0.15) is 11.1 Å². The summed E-state index contributed by atoms with van der Waals surface area (Å²) in [6.45, 7) is 0.367. The van der Waals surface area contributed by atoms with Gasteiger partial charge in [-0.05, 0) is 18.2 Å². The van der Waals surface area contributed by atoms with Gasteiger partial charge in [0.1, 0.15) is 5.75 Å². The lowest BCUT2D eigenvalue weighted by Crippen LogP contribution is -1.94. The van der Waals surface area contributed by atoms with E-state index in [1.807, 2.05) is 37.6 Å². The second-order valence-electron chi connectivity index (χ2n) is 4.17. The van der Waals surface area contributed by atoms with Crippen LogP contribution in [0.3, 0.4) is 0 Å². The fraction of sp³-hybridized carbons (Fsp3) is 0.267. The Hall–Kier alpha value is -1.90. The number of nitrogens with zero attached hydrogens (tertiary/aromatic N) is 2. The van der Waals surface area contributed by atoms with Gasteiger partial charge in [0.05, 0.1) is 19.9 Å². The summed E-state index contributed by atoms with van der Waals surface area (Å²) in [5.74, 6) is 7.59. The number of rotatable bonds is 4. The number of thioether (sulfide) groups is 1. The number of hydrogen-bond donors (Lipinski definition) is 1. The second kappa shape index (κ2) is 7.04. The summed E-state index contributed by atoms with van der Waals surface area (Å²) in [6.07, 6.45) is 3.85. The number of aryl methyl sites for hydroxylation is 1. The Morgan fingerprint density at radius 1 is 1.45 bits per heavy atom. The van der Waals surface area contributed by atoms with Crippen molar-refractivity contribution >= 4 is 11.8 Å². The Labute approximate surface area is 123 Å². The number of hydrogen-bond acceptors (Lipinski definition) is 4. The van der Waals surface area contributed by atoms with Gasteiger partial charge in [0.2, 0.25) is 0 Å². The zero-order valence-electron chi connectivity index (χ0n) is 11.6. The van der Waals surface area contributed by atoms with Crippen molar-refractivity contribution < 1.29 is 4.74 Å². The van der Waals surface area contributed by atoms with Crippen molar-refractivity contribution in [2.75, 3.05) is 13.7 Å². The lowest BCUT2D eigenvalue weighted by Gasteiger charge is -2.08. The average Bonchev–Trinajstić information content (AvgIpc) is 2.88. The minimum atomic E-state index is 0.367. The molecule has 1 aromatic carbocycles. The van der Waals surface area contributed by atoms with Crippen LogP contribution < -0.4 is 10.5 Å². The van der Waals surface area contributed by atoms with Crippen molar-refractivity contribution in [3.8, 4) is 17.6 Å². The van der Waals surface area contributed by atoms with E-state index in [1.165, 1.54) is 0 Å². The van der Waals surface area contributed by atoms with Gasteiger partial charge in [-0.3, -0.25) is 4.68 Å². The Bertz CT molecular complexity index is 640. The van der Waals surface area contributed by atoms with Crippen LogP contribution in [0.5, 0.6) is 5.75 Å². The third-order valence-electron chi connectivity index (χ3n) is 2.69. The summed E-state index contributed by atoms with van der Waals surface area (Å²) < 4.78 is 7.19. The van der Waals surface area contributed by atoms with Crippen LogP contribution in [0.4, 0.5) is 0 Å². The molecule has 4 nitrogen and oxygen atoms in total. The monoisotopic (exact) mass is 287 g/mol. The minimum Gasteiger partial charge on any atom is -0.496 e. The Morgan fingerprint density at radius 2 is 2.30 bits per heavy atom. The lowest BCUT2D eigenvalue weighted by atomic mass is 10.1. The van der Waals surface area contributed by atoms with Gasteiger partial charge in [-0.25, -0.2) is 0 Å². The number of nitrogens with two attached hydrogens (primary N) is 1. The van der Waals surface area contributed by atoms with E-state index < -0.39 is 0 Å². The topological polar surface area (TPSA) is 53.1 Å². The molecule has 2 rings (SSSR count). The van der Waals surface area contributed by atoms with Crippen molar-refractivity contribution in [3.63, 3.8) is 0 Å². The van der Waals surface area contributed by atoms with E-state index in [9.17, 15) is 0 Å². The van der Waals surface area contributed by atoms with E-state index >= 15 is 0 Å². The van der Waals surface area contributed by atoms with Gasteiger partial charge >= 0.3 is 0 Å². The van der Waals surface area contributed by atoms with Crippen molar-refractivity contribution in [1.82, 2.24) is 9.78 Å². The van der Waals surface area contributed by atoms with E-state index in [0.717, 1.165) is 27.5 Å². The van der Waals surface area contributed by atoms with Crippen molar-refractivity contribution in [1.29, 1.82) is 0 Å². The fourth-order valence-corrected chi connectivity index (χ4v) is 2.65. The van der Waals surface area contributed by atoms with Gasteiger partial charge in [-0.15, -0.1) is 11.8 Å². The van der Waals surface area contributed by atoms with Crippen LogP contribution in [0.2, 0.25) is 0 Å². The Morgan fingerprint density at radius 3 is 2.95 bits per heavy atom. The third-order valence-corrected chi connectivity index (χ3v) is 3.69. The van der Waals surface area contributed by atoms with E-state index in [1.54, 1.807) is 23.6 Å². The number of methoxy groups -OCH3 is 1. The zero-order valence-corrected chi connectivity index (χ0v) is 12.4. The SMILES string of the molecule is COc1ccc(C#CCN)cc1CSc1cnn(C)c1. The van der Waals surface area contributed by atoms with Crippen molar-refractivity contribution in [3.05, 3.63) is 41.7 Å². The maximum Gasteiger partial charge on any atom is 0.122 e. The summed E-state index contributed by atoms with van der Waals surface area (Å²) >= 11 is 1.72. The molecule has 0 aliphatic rings. The predicted molar refractivity (Wildman–Crippen MR) is 81.7 cm³/mol. The van der Waals surface area contributed by atoms with Crippen LogP contribution in [0.25, 0.3) is 0 Å². The number of aromatic nitrogens is 2. The highest BCUT2D eigenvalue weighted by Gasteiger charge is 2.06. The summed E-state index contributed by atoms with van der Waals surface area (Å²) in [4.78, 5) is 1.13. The molecule has 0 aliphatic carbocycles. The quantitative estimate of drug-likeness (QED) is 0.690. The van der Waals surface area contributed by atoms with E-state index in [2.05, 4.69) is 16.9 Å². The zero-order chi connectivity index (χ0) is 14.4. The van der Waals surface area contributed by atoms with E-state index in [-0.39, 0.29) is 0 Å². The predicted octanol–water partition coefficient (Wildman–Crippen LogP) is 2.03. The first-order valence-electron chi connectivity index (χ1n) is 6.20. The smallest absolute Gasteiger partial charge is 0.122 e. The van der Waals surface area contributed by atoms with Crippen LogP contribution in [-0.4, -0.2) is 23.4 Å². The van der Waals surface area contributed by atoms with Crippen LogP contribution in [-0.2, 0) is 12.8 Å². The molecule has 0 atom stereocenters. The van der Waals surface area contributed by atoms with Gasteiger partial charge in [0, 0.05) is 35.0 Å². The molecule has 0 spiro atoms. The van der Waals surface area contributed by atoms with Crippen LogP contribution in [0.15, 0.2) is 35.5 Å². The standard InChI is InChI=1S/C15H17N3OS/c1-18-10-14(9-17-18)20-11-13-8-12(4-3-7-16)5-6-15(13)19-2/h5-6,8-10H,7,11,16H2,1-2H3. The minimum absolute atomic E-state index is 0.367. The maximum absolute atomic E-state index is 5.40. The van der Waals surface area contributed by atoms with Crippen LogP contribution in [0, 0.1) is 11.8 Å². The summed E-state index contributed by atoms with van der Waals surface area (Å²) in [7, 11) is 3.59. The lowest BCUT2D eigenvalue weighted by molar-refractivity contribution is 0.411. The highest BCUT2D eigenvalue weighted by Crippen LogP contribution is 2.28. The summed E-state index contributed by atoms with van der Waals surface area (Å²) in [5.41, 5.74) is 7.47. The summed E-state index contributed by atoms with van der Waals surface area (Å²) in [6, 6.07) is 5.93. The van der Waals surface area contributed by atoms with Gasteiger partial charge in [-0.2, -0.15) is 5.10 Å². The molecule has 5 heteroatoms. The highest BCUT2D eigenvalue weighted by molar-refractivity contribution is 7.98. The van der Waals surface area contributed by atoms with Crippen molar-refractivity contribution in [2.45, 2.75) is 10.6 Å². The molecule has 0 unspecified atom stereocenters. The molecule has 1 heterocycles. The van der Waals surface area contributed by atoms with Crippen LogP contribution >= 0.6 is 11.8 Å².